The SMILES string of the molecule is Cc1cc(N)c(NC(=O)c2cc(F)c(F)c(F)c2)cc1C. The lowest BCUT2D eigenvalue weighted by Crippen LogP contribution is -2.14. The molecule has 2 aromatic rings. The van der Waals surface area contributed by atoms with E-state index in [4.69, 9.17) is 5.73 Å². The van der Waals surface area contributed by atoms with E-state index in [1.807, 2.05) is 13.8 Å². The van der Waals surface area contributed by atoms with Crippen molar-refractivity contribution in [1.29, 1.82) is 0 Å². The van der Waals surface area contributed by atoms with Gasteiger partial charge in [-0.15, -0.1) is 0 Å². The molecule has 0 fully saturated rings. The number of halogens is 3. The number of nitrogens with two attached hydrogens (primary N) is 1. The maximum Gasteiger partial charge on any atom is 0.255 e. The molecule has 1 amide bonds. The third-order valence-electron chi connectivity index (χ3n) is 3.16. The van der Waals surface area contributed by atoms with Gasteiger partial charge in [-0.1, -0.05) is 0 Å². The van der Waals surface area contributed by atoms with Crippen LogP contribution >= 0.6 is 0 Å². The van der Waals surface area contributed by atoms with Gasteiger partial charge in [0.15, 0.2) is 17.5 Å². The number of benzene rings is 2. The molecule has 0 unspecified atom stereocenters. The Bertz CT molecular complexity index is 706. The fraction of sp³-hybridized carbons (Fsp3) is 0.133. The van der Waals surface area contributed by atoms with Gasteiger partial charge in [-0.2, -0.15) is 0 Å². The van der Waals surface area contributed by atoms with Gasteiger partial charge in [0, 0.05) is 5.56 Å². The van der Waals surface area contributed by atoms with Crippen LogP contribution in [-0.2, 0) is 0 Å². The second-order valence-electron chi connectivity index (χ2n) is 4.73. The molecule has 0 radical (unpaired) electrons. The Labute approximate surface area is 119 Å². The lowest BCUT2D eigenvalue weighted by molar-refractivity contribution is 0.102. The highest BCUT2D eigenvalue weighted by atomic mass is 19.2. The molecular formula is C15H13F3N2O. The minimum atomic E-state index is -1.61. The quantitative estimate of drug-likeness (QED) is 0.657. The average Bonchev–Trinajstić information content (AvgIpc) is 2.41. The van der Waals surface area contributed by atoms with E-state index in [0.29, 0.717) is 23.5 Å². The topological polar surface area (TPSA) is 55.1 Å². The molecule has 0 spiro atoms. The number of hydrogen-bond acceptors (Lipinski definition) is 2. The van der Waals surface area contributed by atoms with Crippen LogP contribution in [0.1, 0.15) is 21.5 Å². The Balaban J connectivity index is 2.32. The third kappa shape index (κ3) is 2.99. The fourth-order valence-corrected chi connectivity index (χ4v) is 1.83. The standard InChI is InChI=1S/C15H13F3N2O/c1-7-3-12(19)13(4-8(7)2)20-15(21)9-5-10(16)14(18)11(17)6-9/h3-6H,19H2,1-2H3,(H,20,21). The molecule has 0 aliphatic rings. The number of rotatable bonds is 2. The van der Waals surface area contributed by atoms with Crippen LogP contribution in [0.4, 0.5) is 24.5 Å². The molecule has 0 saturated heterocycles. The van der Waals surface area contributed by atoms with Crippen molar-refractivity contribution in [3.05, 3.63) is 58.4 Å². The van der Waals surface area contributed by atoms with Gasteiger partial charge in [0.2, 0.25) is 0 Å². The number of anilines is 2. The maximum absolute atomic E-state index is 13.1. The first kappa shape index (κ1) is 14.9. The predicted octanol–water partition coefficient (Wildman–Crippen LogP) is 3.56. The Hall–Kier alpha value is -2.50. The minimum Gasteiger partial charge on any atom is -0.397 e. The van der Waals surface area contributed by atoms with Crippen LogP contribution in [0.15, 0.2) is 24.3 Å². The molecule has 0 saturated carbocycles. The predicted molar refractivity (Wildman–Crippen MR) is 74.6 cm³/mol. The molecular weight excluding hydrogens is 281 g/mol. The third-order valence-corrected chi connectivity index (χ3v) is 3.16. The van der Waals surface area contributed by atoms with E-state index in [9.17, 15) is 18.0 Å². The van der Waals surface area contributed by atoms with Crippen molar-refractivity contribution in [3.63, 3.8) is 0 Å². The van der Waals surface area contributed by atoms with Gasteiger partial charge in [0.1, 0.15) is 0 Å². The van der Waals surface area contributed by atoms with Crippen molar-refractivity contribution >= 4 is 17.3 Å². The number of carbonyl (C=O) groups is 1. The molecule has 21 heavy (non-hydrogen) atoms. The largest absolute Gasteiger partial charge is 0.397 e. The number of nitrogen functional groups attached to an aromatic ring is 1. The summed E-state index contributed by atoms with van der Waals surface area (Å²) in [5, 5.41) is 2.45. The summed E-state index contributed by atoms with van der Waals surface area (Å²) in [6, 6.07) is 4.59. The second kappa shape index (κ2) is 5.47. The molecule has 110 valence electrons. The van der Waals surface area contributed by atoms with E-state index in [-0.39, 0.29) is 5.56 Å². The van der Waals surface area contributed by atoms with Gasteiger partial charge < -0.3 is 11.1 Å². The number of aryl methyl sites for hydroxylation is 2. The molecule has 2 aromatic carbocycles. The molecule has 3 nitrogen and oxygen atoms in total. The number of hydrogen-bond donors (Lipinski definition) is 2. The van der Waals surface area contributed by atoms with Crippen molar-refractivity contribution in [3.8, 4) is 0 Å². The van der Waals surface area contributed by atoms with Gasteiger partial charge in [0.25, 0.3) is 5.91 Å². The lowest BCUT2D eigenvalue weighted by Gasteiger charge is -2.11. The summed E-state index contributed by atoms with van der Waals surface area (Å²) in [4.78, 5) is 12.0. The fourth-order valence-electron chi connectivity index (χ4n) is 1.83. The zero-order chi connectivity index (χ0) is 15.7. The highest BCUT2D eigenvalue weighted by molar-refractivity contribution is 6.05. The van der Waals surface area contributed by atoms with Crippen molar-refractivity contribution in [2.45, 2.75) is 13.8 Å². The number of carbonyl (C=O) groups excluding carboxylic acids is 1. The normalized spacial score (nSPS) is 10.5. The van der Waals surface area contributed by atoms with Crippen LogP contribution in [0, 0.1) is 31.3 Å². The summed E-state index contributed by atoms with van der Waals surface area (Å²) < 4.78 is 39.1. The Kier molecular flexibility index (Phi) is 3.88. The van der Waals surface area contributed by atoms with Crippen molar-refractivity contribution < 1.29 is 18.0 Å². The minimum absolute atomic E-state index is 0.327. The lowest BCUT2D eigenvalue weighted by atomic mass is 10.1. The van der Waals surface area contributed by atoms with Gasteiger partial charge in [-0.3, -0.25) is 4.79 Å². The maximum atomic E-state index is 13.1. The van der Waals surface area contributed by atoms with Crippen LogP contribution in [0.3, 0.4) is 0 Å². The van der Waals surface area contributed by atoms with E-state index in [0.717, 1.165) is 11.1 Å². The molecule has 0 bridgehead atoms. The molecule has 0 atom stereocenters. The summed E-state index contributed by atoms with van der Waals surface area (Å²) in [7, 11) is 0. The first-order valence-electron chi connectivity index (χ1n) is 6.12. The molecule has 0 aliphatic heterocycles. The Morgan fingerprint density at radius 2 is 1.52 bits per heavy atom. The zero-order valence-corrected chi connectivity index (χ0v) is 11.4. The van der Waals surface area contributed by atoms with Crippen LogP contribution in [0.5, 0.6) is 0 Å². The van der Waals surface area contributed by atoms with Crippen LogP contribution in [0.2, 0.25) is 0 Å². The Morgan fingerprint density at radius 1 is 1.00 bits per heavy atom. The van der Waals surface area contributed by atoms with E-state index in [1.165, 1.54) is 0 Å². The summed E-state index contributed by atoms with van der Waals surface area (Å²) in [5.74, 6) is -5.23. The highest BCUT2D eigenvalue weighted by Gasteiger charge is 2.16. The van der Waals surface area contributed by atoms with Crippen molar-refractivity contribution in [1.82, 2.24) is 0 Å². The summed E-state index contributed by atoms with van der Waals surface area (Å²) in [6.07, 6.45) is 0. The molecule has 0 aliphatic carbocycles. The summed E-state index contributed by atoms with van der Waals surface area (Å²) >= 11 is 0. The van der Waals surface area contributed by atoms with Crippen LogP contribution < -0.4 is 11.1 Å². The first-order valence-corrected chi connectivity index (χ1v) is 6.12. The first-order chi connectivity index (χ1) is 9.79. The number of nitrogens with one attached hydrogen (secondary N) is 1. The molecule has 0 aromatic heterocycles. The molecule has 3 N–H and O–H groups in total. The summed E-state index contributed by atoms with van der Waals surface area (Å²) in [5.41, 5.74) is 7.95. The van der Waals surface area contributed by atoms with E-state index in [1.54, 1.807) is 12.1 Å². The molecule has 0 heterocycles. The van der Waals surface area contributed by atoms with E-state index < -0.39 is 23.4 Å². The average molecular weight is 294 g/mol. The number of amides is 1. The second-order valence-corrected chi connectivity index (χ2v) is 4.73. The molecule has 6 heteroatoms. The van der Waals surface area contributed by atoms with Crippen LogP contribution in [-0.4, -0.2) is 5.91 Å². The zero-order valence-electron chi connectivity index (χ0n) is 11.4. The van der Waals surface area contributed by atoms with Gasteiger partial charge in [-0.05, 0) is 49.2 Å². The van der Waals surface area contributed by atoms with Crippen molar-refractivity contribution in [2.75, 3.05) is 11.1 Å². The van der Waals surface area contributed by atoms with Crippen molar-refractivity contribution in [2.24, 2.45) is 0 Å². The highest BCUT2D eigenvalue weighted by Crippen LogP contribution is 2.24. The van der Waals surface area contributed by atoms with E-state index >= 15 is 0 Å². The monoisotopic (exact) mass is 294 g/mol. The van der Waals surface area contributed by atoms with Crippen LogP contribution in [0.25, 0.3) is 0 Å². The summed E-state index contributed by atoms with van der Waals surface area (Å²) in [6.45, 7) is 3.70. The van der Waals surface area contributed by atoms with Gasteiger partial charge in [0.05, 0.1) is 11.4 Å². The Morgan fingerprint density at radius 3 is 2.10 bits per heavy atom. The van der Waals surface area contributed by atoms with E-state index in [2.05, 4.69) is 5.32 Å². The smallest absolute Gasteiger partial charge is 0.255 e. The van der Waals surface area contributed by atoms with Gasteiger partial charge in [-0.25, -0.2) is 13.2 Å². The molecule has 2 rings (SSSR count). The van der Waals surface area contributed by atoms with Gasteiger partial charge >= 0.3 is 0 Å².